The van der Waals surface area contributed by atoms with Gasteiger partial charge in [0.1, 0.15) is 42.7 Å². The first-order valence-corrected chi connectivity index (χ1v) is 17.2. The second-order valence-electron chi connectivity index (χ2n) is 10.8. The van der Waals surface area contributed by atoms with Gasteiger partial charge in [-0.1, -0.05) is 18.2 Å². The van der Waals surface area contributed by atoms with E-state index in [-0.39, 0.29) is 29.4 Å². The monoisotopic (exact) mass is 704 g/mol. The van der Waals surface area contributed by atoms with Crippen LogP contribution in [0.2, 0.25) is 0 Å². The van der Waals surface area contributed by atoms with Crippen molar-refractivity contribution in [3.05, 3.63) is 78.1 Å². The summed E-state index contributed by atoms with van der Waals surface area (Å²) in [5.74, 6) is -0.940. The summed E-state index contributed by atoms with van der Waals surface area (Å²) in [6.07, 6.45) is -4.74. The average molecular weight is 705 g/mol. The van der Waals surface area contributed by atoms with Crippen LogP contribution in [0.25, 0.3) is 11.2 Å². The molecule has 0 radical (unpaired) electrons. The molecule has 3 aromatic heterocycles. The number of benzene rings is 1. The highest BCUT2D eigenvalue weighted by molar-refractivity contribution is 8.07. The largest absolute Gasteiger partial charge is 0.464 e. The van der Waals surface area contributed by atoms with Gasteiger partial charge in [-0.3, -0.25) is 13.9 Å². The molecule has 2 saturated heterocycles. The van der Waals surface area contributed by atoms with E-state index in [9.17, 15) is 24.7 Å². The number of anilines is 1. The molecule has 0 aliphatic carbocycles. The first-order valence-electron chi connectivity index (χ1n) is 14.6. The van der Waals surface area contributed by atoms with E-state index in [0.29, 0.717) is 16.7 Å². The Bertz CT molecular complexity index is 1840. The molecule has 4 aromatic rings. The number of aliphatic hydroxyl groups is 2. The molecule has 48 heavy (non-hydrogen) atoms. The van der Waals surface area contributed by atoms with Gasteiger partial charge in [0.05, 0.1) is 32.8 Å². The first-order chi connectivity index (χ1) is 23.1. The number of carbonyl (C=O) groups is 2. The lowest BCUT2D eigenvalue weighted by Gasteiger charge is -2.26. The van der Waals surface area contributed by atoms with Crippen molar-refractivity contribution in [3.8, 4) is 0 Å². The summed E-state index contributed by atoms with van der Waals surface area (Å²) in [5.41, 5.74) is 1.24. The van der Waals surface area contributed by atoms with Gasteiger partial charge in [-0.25, -0.2) is 29.1 Å². The predicted octanol–water partition coefficient (Wildman–Crippen LogP) is 2.00. The molecule has 8 atom stereocenters. The number of amides is 1. The number of ether oxygens (including phenoxy) is 3. The molecule has 4 N–H and O–H groups in total. The number of fused-ring (bicyclic) bond motifs is 1. The van der Waals surface area contributed by atoms with Crippen molar-refractivity contribution in [3.63, 3.8) is 0 Å². The number of nitrogens with one attached hydrogen (secondary N) is 1. The highest BCUT2D eigenvalue weighted by Crippen LogP contribution is 2.51. The van der Waals surface area contributed by atoms with E-state index < -0.39 is 68.8 Å². The molecule has 254 valence electrons. The molecule has 2 aliphatic heterocycles. The van der Waals surface area contributed by atoms with Gasteiger partial charge in [0.25, 0.3) is 5.91 Å². The Hall–Kier alpha value is -3.84. The number of halogens is 1. The normalized spacial score (nSPS) is 26.7. The van der Waals surface area contributed by atoms with Crippen LogP contribution in [0.3, 0.4) is 0 Å². The van der Waals surface area contributed by atoms with Gasteiger partial charge in [0.2, 0.25) is 0 Å². The van der Waals surface area contributed by atoms with Crippen LogP contribution in [0.1, 0.15) is 45.2 Å². The number of aliphatic hydroxyl groups excluding tert-OH is 2. The minimum absolute atomic E-state index is 0.0768. The summed E-state index contributed by atoms with van der Waals surface area (Å²) < 4.78 is 44.3. The molecule has 19 heteroatoms. The highest BCUT2D eigenvalue weighted by Gasteiger charge is 2.49. The summed E-state index contributed by atoms with van der Waals surface area (Å²) in [7, 11) is 1.18. The molecule has 5 heterocycles. The van der Waals surface area contributed by atoms with Crippen molar-refractivity contribution in [1.29, 1.82) is 0 Å². The molecule has 2 fully saturated rings. The number of esters is 1. The average Bonchev–Trinajstić information content (AvgIpc) is 3.79. The maximum atomic E-state index is 15.3. The van der Waals surface area contributed by atoms with E-state index in [1.54, 1.807) is 34.9 Å². The number of imidazole rings is 1. The van der Waals surface area contributed by atoms with Crippen LogP contribution < -0.4 is 5.32 Å². The summed E-state index contributed by atoms with van der Waals surface area (Å²) in [4.78, 5) is 52.3. The molecule has 2 unspecified atom stereocenters. The van der Waals surface area contributed by atoms with Gasteiger partial charge < -0.3 is 39.2 Å². The second-order valence-corrected chi connectivity index (χ2v) is 13.6. The Balaban J connectivity index is 1.12. The third kappa shape index (κ3) is 7.12. The number of carbonyl (C=O) groups excluding carboxylic acids is 2. The van der Waals surface area contributed by atoms with Gasteiger partial charge in [-0.05, 0) is 41.6 Å². The van der Waals surface area contributed by atoms with Crippen LogP contribution in [0, 0.1) is 0 Å². The maximum absolute atomic E-state index is 15.3. The van der Waals surface area contributed by atoms with Gasteiger partial charge in [0, 0.05) is 18.2 Å². The Labute approximate surface area is 277 Å². The Kier molecular flexibility index (Phi) is 10.2. The summed E-state index contributed by atoms with van der Waals surface area (Å²) in [6, 6.07) is 11.3. The molecule has 0 spiro atoms. The number of aromatic nitrogens is 5. The Morgan fingerprint density at radius 2 is 1.94 bits per heavy atom. The van der Waals surface area contributed by atoms with Crippen LogP contribution >= 0.6 is 6.72 Å². The lowest BCUT2D eigenvalue weighted by Crippen LogP contribution is -2.31. The maximum Gasteiger partial charge on any atom is 0.356 e. The van der Waals surface area contributed by atoms with Gasteiger partial charge in [-0.15, -0.1) is 0 Å². The van der Waals surface area contributed by atoms with Crippen LogP contribution in [0.15, 0.2) is 61.3 Å². The third-order valence-corrected chi connectivity index (χ3v) is 9.33. The molecule has 1 aromatic carbocycles. The zero-order chi connectivity index (χ0) is 34.0. The summed E-state index contributed by atoms with van der Waals surface area (Å²) >= 11 is 5.17. The topological polar surface area (TPSA) is 210 Å². The van der Waals surface area contributed by atoms with Crippen LogP contribution in [0.5, 0.6) is 0 Å². The predicted molar refractivity (Wildman–Crippen MR) is 167 cm³/mol. The SMILES string of the molecule is COC(=O)c1cc([C@@H]2OC(CO)[C@@H](F)[C@H]2OP(O)(=S)OC[C@H]2O[C@@H](n3cnc4c(NC(=O)c5ccccc5)ncnc43)C[C@@H]2O)ccn1. The molecule has 1 amide bonds. The quantitative estimate of drug-likeness (QED) is 0.130. The van der Waals surface area contributed by atoms with E-state index >= 15 is 4.39 Å². The first kappa shape index (κ1) is 34.0. The van der Waals surface area contributed by atoms with E-state index in [4.69, 9.17) is 30.3 Å². The van der Waals surface area contributed by atoms with Crippen molar-refractivity contribution in [2.45, 2.75) is 49.3 Å². The zero-order valence-electron chi connectivity index (χ0n) is 25.1. The lowest BCUT2D eigenvalue weighted by molar-refractivity contribution is -0.0445. The fourth-order valence-electron chi connectivity index (χ4n) is 5.40. The van der Waals surface area contributed by atoms with E-state index in [1.165, 1.54) is 38.1 Å². The van der Waals surface area contributed by atoms with Crippen LogP contribution in [-0.4, -0.2) is 102 Å². The third-order valence-electron chi connectivity index (χ3n) is 7.77. The standard InChI is InChI=1S/C29H30FN6O10PS/c1-42-29(40)17-9-16(7-8-31-17)24-25(22(30)19(11-37)45-24)46-47(41,48)43-12-20-18(38)10-21(44-20)36-14-34-23-26(32-13-33-27(23)36)35-28(39)15-5-3-2-4-6-15/h2-9,13-14,18-22,24-25,37-38H,10-12H2,1H3,(H,41,48)(H,32,33,35,39)/t18-,19?,20+,21+,22+,24-,25+,47?/m0/s1. The smallest absolute Gasteiger partial charge is 0.356 e. The van der Waals surface area contributed by atoms with Crippen molar-refractivity contribution in [1.82, 2.24) is 24.5 Å². The van der Waals surface area contributed by atoms with E-state index in [1.807, 2.05) is 0 Å². The Morgan fingerprint density at radius 3 is 2.69 bits per heavy atom. The van der Waals surface area contributed by atoms with Crippen LogP contribution in [-0.2, 0) is 35.1 Å². The van der Waals surface area contributed by atoms with E-state index in [0.717, 1.165) is 0 Å². The van der Waals surface area contributed by atoms with Crippen molar-refractivity contribution >= 4 is 47.4 Å². The number of alkyl halides is 1. The number of hydrogen-bond donors (Lipinski definition) is 4. The highest BCUT2D eigenvalue weighted by atomic mass is 32.5. The summed E-state index contributed by atoms with van der Waals surface area (Å²) in [6.45, 7) is -5.32. The number of pyridine rings is 1. The number of rotatable bonds is 11. The second kappa shape index (κ2) is 14.3. The molecular formula is C29H30FN6O10PS. The fourth-order valence-corrected chi connectivity index (χ4v) is 6.81. The molecule has 0 saturated carbocycles. The molecular weight excluding hydrogens is 674 g/mol. The van der Waals surface area contributed by atoms with Crippen molar-refractivity contribution < 1.29 is 52.3 Å². The minimum atomic E-state index is -4.20. The van der Waals surface area contributed by atoms with Gasteiger partial charge >= 0.3 is 12.7 Å². The van der Waals surface area contributed by atoms with Gasteiger partial charge in [0.15, 0.2) is 23.2 Å². The molecule has 16 nitrogen and oxygen atoms in total. The van der Waals surface area contributed by atoms with Crippen LogP contribution in [0.4, 0.5) is 10.2 Å². The number of nitrogens with zero attached hydrogens (tertiary/aromatic N) is 5. The summed E-state index contributed by atoms with van der Waals surface area (Å²) in [5, 5.41) is 23.2. The minimum Gasteiger partial charge on any atom is -0.464 e. The number of methoxy groups -OCH3 is 1. The Morgan fingerprint density at radius 1 is 1.15 bits per heavy atom. The molecule has 0 bridgehead atoms. The van der Waals surface area contributed by atoms with E-state index in [2.05, 4.69) is 30.0 Å². The van der Waals surface area contributed by atoms with Gasteiger partial charge in [-0.2, -0.15) is 0 Å². The van der Waals surface area contributed by atoms with Crippen molar-refractivity contribution in [2.24, 2.45) is 0 Å². The zero-order valence-corrected chi connectivity index (χ0v) is 26.8. The fraction of sp³-hybridized carbons (Fsp3) is 0.379. The molecule has 6 rings (SSSR count). The van der Waals surface area contributed by atoms with Crippen molar-refractivity contribution in [2.75, 3.05) is 25.6 Å². The lowest BCUT2D eigenvalue weighted by atomic mass is 10.0. The molecule has 2 aliphatic rings. The number of hydrogen-bond acceptors (Lipinski definition) is 14.